The second-order valence-electron chi connectivity index (χ2n) is 5.22. The summed E-state index contributed by atoms with van der Waals surface area (Å²) in [6, 6.07) is 4.95. The summed E-state index contributed by atoms with van der Waals surface area (Å²) in [7, 11) is 0. The minimum absolute atomic E-state index is 0.0188. The highest BCUT2D eigenvalue weighted by molar-refractivity contribution is 5.99. The van der Waals surface area contributed by atoms with Crippen LogP contribution in [-0.4, -0.2) is 21.4 Å². The number of phenolic OH excluding ortho intramolecular Hbond substituents is 1. The van der Waals surface area contributed by atoms with E-state index in [1.165, 1.54) is 19.1 Å². The fourth-order valence-corrected chi connectivity index (χ4v) is 2.07. The van der Waals surface area contributed by atoms with Gasteiger partial charge in [0.1, 0.15) is 5.75 Å². The summed E-state index contributed by atoms with van der Waals surface area (Å²) in [4.78, 5) is 35.0. The Hall–Kier alpha value is -3.10. The summed E-state index contributed by atoms with van der Waals surface area (Å²) < 4.78 is 38.8. The van der Waals surface area contributed by atoms with Crippen molar-refractivity contribution in [3.05, 3.63) is 58.0 Å². The topological polar surface area (TPSA) is 88.4 Å². The zero-order valence-corrected chi connectivity index (χ0v) is 12.9. The molecule has 9 heteroatoms. The predicted octanol–water partition coefficient (Wildman–Crippen LogP) is 2.41. The van der Waals surface area contributed by atoms with Gasteiger partial charge in [-0.05, 0) is 24.3 Å². The molecule has 1 amide bonds. The van der Waals surface area contributed by atoms with Gasteiger partial charge in [0.15, 0.2) is 5.78 Å². The number of aromatic hydroxyl groups is 1. The van der Waals surface area contributed by atoms with Gasteiger partial charge < -0.3 is 15.0 Å². The summed E-state index contributed by atoms with van der Waals surface area (Å²) in [5.41, 5.74) is -1.81. The van der Waals surface area contributed by atoms with Gasteiger partial charge in [-0.25, -0.2) is 0 Å². The van der Waals surface area contributed by atoms with Crippen molar-refractivity contribution in [3.8, 4) is 5.75 Å². The first-order valence-electron chi connectivity index (χ1n) is 6.99. The summed E-state index contributed by atoms with van der Waals surface area (Å²) in [5.74, 6) is -1.41. The molecule has 6 nitrogen and oxygen atoms in total. The van der Waals surface area contributed by atoms with Crippen LogP contribution in [0, 0.1) is 0 Å². The van der Waals surface area contributed by atoms with E-state index >= 15 is 0 Å². The molecule has 0 spiro atoms. The van der Waals surface area contributed by atoms with E-state index in [9.17, 15) is 32.7 Å². The van der Waals surface area contributed by atoms with Gasteiger partial charge in [-0.1, -0.05) is 0 Å². The largest absolute Gasteiger partial charge is 0.506 e. The van der Waals surface area contributed by atoms with Gasteiger partial charge in [0.2, 0.25) is 5.91 Å². The number of phenols is 1. The lowest BCUT2D eigenvalue weighted by Crippen LogP contribution is -2.25. The molecule has 0 bridgehead atoms. The van der Waals surface area contributed by atoms with Gasteiger partial charge in [-0.3, -0.25) is 14.4 Å². The van der Waals surface area contributed by atoms with E-state index in [0.29, 0.717) is 16.8 Å². The summed E-state index contributed by atoms with van der Waals surface area (Å²) in [6.45, 7) is 0.586. The molecule has 0 unspecified atom stereocenters. The Morgan fingerprint density at radius 3 is 2.48 bits per heavy atom. The Kier molecular flexibility index (Phi) is 4.96. The average Bonchev–Trinajstić information content (AvgIpc) is 2.50. The number of hydrogen-bond donors (Lipinski definition) is 2. The monoisotopic (exact) mass is 354 g/mol. The van der Waals surface area contributed by atoms with Crippen molar-refractivity contribution in [1.29, 1.82) is 0 Å². The molecule has 2 aromatic rings. The van der Waals surface area contributed by atoms with Crippen LogP contribution in [0.1, 0.15) is 22.8 Å². The van der Waals surface area contributed by atoms with Crippen LogP contribution in [0.3, 0.4) is 0 Å². The number of Topliss-reactive ketones (excluding diaryl/α,β-unsaturated/α-hetero) is 1. The van der Waals surface area contributed by atoms with Crippen LogP contribution in [0.25, 0.3) is 0 Å². The Balaban J connectivity index is 2.31. The fourth-order valence-electron chi connectivity index (χ4n) is 2.07. The van der Waals surface area contributed by atoms with E-state index in [4.69, 9.17) is 0 Å². The highest BCUT2D eigenvalue weighted by Gasteiger charge is 2.31. The van der Waals surface area contributed by atoms with Crippen LogP contribution in [-0.2, 0) is 17.5 Å². The number of hydrogen-bond acceptors (Lipinski definition) is 4. The molecule has 1 heterocycles. The minimum atomic E-state index is -4.64. The molecule has 2 N–H and O–H groups in total. The maximum Gasteiger partial charge on any atom is 0.417 e. The number of ketones is 1. The van der Waals surface area contributed by atoms with Crippen molar-refractivity contribution in [1.82, 2.24) is 4.57 Å². The summed E-state index contributed by atoms with van der Waals surface area (Å²) >= 11 is 0. The Morgan fingerprint density at radius 2 is 1.88 bits per heavy atom. The molecule has 2 rings (SSSR count). The van der Waals surface area contributed by atoms with Crippen molar-refractivity contribution < 1.29 is 27.9 Å². The lowest BCUT2D eigenvalue weighted by atomic mass is 10.1. The standard InChI is InChI=1S/C16H13F3N2O4/c1-9(22)20-12-6-10(2-4-13(12)23)14(24)8-21-7-11(16(17,18)19)3-5-15(21)25/h2-7,23H,8H2,1H3,(H,20,22). The van der Waals surface area contributed by atoms with Gasteiger partial charge in [-0.15, -0.1) is 0 Å². The molecule has 0 atom stereocenters. The molecule has 1 aromatic heterocycles. The number of amides is 1. The number of nitrogens with zero attached hydrogens (tertiary/aromatic N) is 1. The van der Waals surface area contributed by atoms with E-state index in [-0.39, 0.29) is 17.0 Å². The normalized spacial score (nSPS) is 11.2. The average molecular weight is 354 g/mol. The van der Waals surface area contributed by atoms with Gasteiger partial charge >= 0.3 is 6.18 Å². The van der Waals surface area contributed by atoms with E-state index in [1.54, 1.807) is 0 Å². The van der Waals surface area contributed by atoms with Crippen molar-refractivity contribution in [3.63, 3.8) is 0 Å². The van der Waals surface area contributed by atoms with Gasteiger partial charge in [-0.2, -0.15) is 13.2 Å². The van der Waals surface area contributed by atoms with Crippen molar-refractivity contribution in [2.75, 3.05) is 5.32 Å². The van der Waals surface area contributed by atoms with E-state index in [1.807, 2.05) is 0 Å². The Labute approximate surface area is 139 Å². The molecule has 132 valence electrons. The first-order valence-corrected chi connectivity index (χ1v) is 6.99. The molecule has 0 radical (unpaired) electrons. The number of anilines is 1. The molecule has 0 aliphatic carbocycles. The molecule has 0 aliphatic rings. The lowest BCUT2D eigenvalue weighted by molar-refractivity contribution is -0.138. The fraction of sp³-hybridized carbons (Fsp3) is 0.188. The maximum atomic E-state index is 12.7. The molecule has 25 heavy (non-hydrogen) atoms. The summed E-state index contributed by atoms with van der Waals surface area (Å²) in [6.07, 6.45) is -4.08. The zero-order valence-electron chi connectivity index (χ0n) is 12.9. The van der Waals surface area contributed by atoms with Crippen LogP contribution in [0.15, 0.2) is 41.3 Å². The molecule has 0 saturated carbocycles. The third kappa shape index (κ3) is 4.46. The number of rotatable bonds is 4. The van der Waals surface area contributed by atoms with Crippen molar-refractivity contribution in [2.45, 2.75) is 19.6 Å². The Bertz CT molecular complexity index is 888. The Morgan fingerprint density at radius 1 is 1.20 bits per heavy atom. The maximum absolute atomic E-state index is 12.7. The molecule has 0 aliphatic heterocycles. The molecule has 0 saturated heterocycles. The number of nitrogens with one attached hydrogen (secondary N) is 1. The molecular formula is C16H13F3N2O4. The SMILES string of the molecule is CC(=O)Nc1cc(C(=O)Cn2cc(C(F)(F)F)ccc2=O)ccc1O. The zero-order chi connectivity index (χ0) is 18.8. The minimum Gasteiger partial charge on any atom is -0.506 e. The molecule has 0 fully saturated rings. The number of alkyl halides is 3. The van der Waals surface area contributed by atoms with Gasteiger partial charge in [0, 0.05) is 24.8 Å². The predicted molar refractivity (Wildman–Crippen MR) is 82.4 cm³/mol. The second kappa shape index (κ2) is 6.80. The van der Waals surface area contributed by atoms with Crippen molar-refractivity contribution >= 4 is 17.4 Å². The molecular weight excluding hydrogens is 341 g/mol. The third-order valence-electron chi connectivity index (χ3n) is 3.25. The number of carbonyl (C=O) groups excluding carboxylic acids is 2. The number of benzene rings is 1. The van der Waals surface area contributed by atoms with Crippen LogP contribution >= 0.6 is 0 Å². The van der Waals surface area contributed by atoms with Crippen LogP contribution < -0.4 is 10.9 Å². The van der Waals surface area contributed by atoms with Crippen molar-refractivity contribution in [2.24, 2.45) is 0 Å². The first kappa shape index (κ1) is 18.2. The number of halogens is 3. The number of carbonyl (C=O) groups is 2. The van der Waals surface area contributed by atoms with Gasteiger partial charge in [0.25, 0.3) is 5.56 Å². The quantitative estimate of drug-likeness (QED) is 0.652. The number of aromatic nitrogens is 1. The highest BCUT2D eigenvalue weighted by Crippen LogP contribution is 2.28. The second-order valence-corrected chi connectivity index (χ2v) is 5.22. The van der Waals surface area contributed by atoms with E-state index in [0.717, 1.165) is 12.1 Å². The number of pyridine rings is 1. The van der Waals surface area contributed by atoms with Crippen LogP contribution in [0.4, 0.5) is 18.9 Å². The highest BCUT2D eigenvalue weighted by atomic mass is 19.4. The smallest absolute Gasteiger partial charge is 0.417 e. The van der Waals surface area contributed by atoms with Crippen LogP contribution in [0.2, 0.25) is 0 Å². The third-order valence-corrected chi connectivity index (χ3v) is 3.25. The van der Waals surface area contributed by atoms with E-state index in [2.05, 4.69) is 5.32 Å². The van der Waals surface area contributed by atoms with E-state index < -0.39 is 35.5 Å². The molecule has 1 aromatic carbocycles. The lowest BCUT2D eigenvalue weighted by Gasteiger charge is -2.11. The first-order chi connectivity index (χ1) is 11.6. The summed E-state index contributed by atoms with van der Waals surface area (Å²) in [5, 5.41) is 11.9. The van der Waals surface area contributed by atoms with Crippen LogP contribution in [0.5, 0.6) is 5.75 Å². The van der Waals surface area contributed by atoms with Gasteiger partial charge in [0.05, 0.1) is 17.8 Å².